The van der Waals surface area contributed by atoms with Crippen LogP contribution in [0.4, 0.5) is 0 Å². The molecule has 0 bridgehead atoms. The molecule has 3 atom stereocenters. The van der Waals surface area contributed by atoms with Crippen LogP contribution in [0, 0.1) is 5.92 Å². The van der Waals surface area contributed by atoms with Gasteiger partial charge in [-0.05, 0) is 63.3 Å². The smallest absolute Gasteiger partial charge is 0.328 e. The van der Waals surface area contributed by atoms with Gasteiger partial charge in [0.05, 0.1) is 19.8 Å². The SMILES string of the molecule is CCCOC(C)(C)[C@@H](Cc1ccc(OC)c(Cc2ccccc2)c1)[C@H](C)OC(=O)[C@H](C)NC(=O)c1nccc(OC)c1OCOC(C)=O. The summed E-state index contributed by atoms with van der Waals surface area (Å²) in [4.78, 5) is 41.9. The van der Waals surface area contributed by atoms with Gasteiger partial charge in [-0.1, -0.05) is 49.4 Å². The molecule has 0 spiro atoms. The van der Waals surface area contributed by atoms with Gasteiger partial charge in [0.2, 0.25) is 6.79 Å². The molecule has 1 heterocycles. The Labute approximate surface area is 283 Å². The van der Waals surface area contributed by atoms with Crippen LogP contribution in [0.25, 0.3) is 0 Å². The summed E-state index contributed by atoms with van der Waals surface area (Å²) in [6.07, 6.45) is 2.89. The van der Waals surface area contributed by atoms with E-state index in [2.05, 4.69) is 28.5 Å². The molecule has 1 aromatic heterocycles. The molecule has 260 valence electrons. The van der Waals surface area contributed by atoms with E-state index in [1.807, 2.05) is 58.0 Å². The summed E-state index contributed by atoms with van der Waals surface area (Å²) >= 11 is 0. The number of hydrogen-bond donors (Lipinski definition) is 1. The van der Waals surface area contributed by atoms with E-state index in [4.69, 9.17) is 28.4 Å². The molecule has 0 aliphatic heterocycles. The van der Waals surface area contributed by atoms with Gasteiger partial charge in [-0.15, -0.1) is 0 Å². The lowest BCUT2D eigenvalue weighted by Gasteiger charge is -2.38. The summed E-state index contributed by atoms with van der Waals surface area (Å²) in [7, 11) is 3.06. The van der Waals surface area contributed by atoms with Crippen LogP contribution in [-0.2, 0) is 36.6 Å². The molecule has 2 aromatic carbocycles. The van der Waals surface area contributed by atoms with Crippen molar-refractivity contribution in [1.82, 2.24) is 10.3 Å². The summed E-state index contributed by atoms with van der Waals surface area (Å²) in [6, 6.07) is 16.8. The van der Waals surface area contributed by atoms with Crippen LogP contribution >= 0.6 is 0 Å². The predicted octanol–water partition coefficient (Wildman–Crippen LogP) is 5.70. The van der Waals surface area contributed by atoms with Crippen molar-refractivity contribution >= 4 is 17.8 Å². The molecule has 0 saturated heterocycles. The highest BCUT2D eigenvalue weighted by Gasteiger charge is 2.37. The van der Waals surface area contributed by atoms with Crippen LogP contribution < -0.4 is 19.5 Å². The number of methoxy groups -OCH3 is 2. The second-order valence-electron chi connectivity index (χ2n) is 12.0. The van der Waals surface area contributed by atoms with Crippen molar-refractivity contribution in [3.05, 3.63) is 83.2 Å². The van der Waals surface area contributed by atoms with E-state index in [9.17, 15) is 14.4 Å². The Hall–Kier alpha value is -4.64. The average molecular weight is 665 g/mol. The molecule has 0 fully saturated rings. The van der Waals surface area contributed by atoms with Gasteiger partial charge in [-0.25, -0.2) is 9.78 Å². The van der Waals surface area contributed by atoms with Gasteiger partial charge in [-0.3, -0.25) is 9.59 Å². The van der Waals surface area contributed by atoms with Crippen LogP contribution in [0.3, 0.4) is 0 Å². The number of pyridine rings is 1. The van der Waals surface area contributed by atoms with Gasteiger partial charge in [-0.2, -0.15) is 0 Å². The number of amides is 1. The van der Waals surface area contributed by atoms with E-state index in [0.717, 1.165) is 23.3 Å². The van der Waals surface area contributed by atoms with E-state index >= 15 is 0 Å². The maximum Gasteiger partial charge on any atom is 0.328 e. The Kier molecular flexibility index (Phi) is 14.2. The number of hydrogen-bond acceptors (Lipinski definition) is 10. The first-order chi connectivity index (χ1) is 22.9. The third kappa shape index (κ3) is 10.7. The number of esters is 2. The molecule has 3 rings (SSSR count). The Morgan fingerprint density at radius 1 is 0.938 bits per heavy atom. The number of aromatic nitrogens is 1. The molecule has 0 saturated carbocycles. The first kappa shape index (κ1) is 37.8. The minimum absolute atomic E-state index is 0.0336. The molecular weight excluding hydrogens is 616 g/mol. The highest BCUT2D eigenvalue weighted by Crippen LogP contribution is 2.33. The van der Waals surface area contributed by atoms with Crippen molar-refractivity contribution in [2.24, 2.45) is 5.92 Å². The van der Waals surface area contributed by atoms with Crippen molar-refractivity contribution in [2.45, 2.75) is 78.6 Å². The first-order valence-electron chi connectivity index (χ1n) is 16.0. The summed E-state index contributed by atoms with van der Waals surface area (Å²) in [5.41, 5.74) is 2.47. The second-order valence-corrected chi connectivity index (χ2v) is 12.0. The van der Waals surface area contributed by atoms with Gasteiger partial charge < -0.3 is 33.7 Å². The molecule has 11 heteroatoms. The third-order valence-electron chi connectivity index (χ3n) is 7.95. The number of carbonyl (C=O) groups is 3. The van der Waals surface area contributed by atoms with E-state index in [1.54, 1.807) is 7.11 Å². The Morgan fingerprint density at radius 3 is 2.29 bits per heavy atom. The standard InChI is InChI=1S/C37H48N2O9/c1-9-19-47-37(5,6)30(22-28-15-16-31(43-7)29(21-28)20-27-13-11-10-12-14-27)25(3)48-36(42)24(2)39-35(41)33-34(46-23-45-26(4)40)32(44-8)17-18-38-33/h10-18,21,24-25,30H,9,19-20,22-23H2,1-8H3,(H,39,41)/t24-,25-,30-/m0/s1. The molecule has 0 aliphatic carbocycles. The van der Waals surface area contributed by atoms with Crippen molar-refractivity contribution < 1.29 is 42.8 Å². The van der Waals surface area contributed by atoms with Gasteiger partial charge in [0, 0.05) is 38.1 Å². The lowest BCUT2D eigenvalue weighted by molar-refractivity contribution is -0.161. The molecule has 1 N–H and O–H groups in total. The quantitative estimate of drug-likeness (QED) is 0.133. The summed E-state index contributed by atoms with van der Waals surface area (Å²) in [6.45, 7) is 10.7. The van der Waals surface area contributed by atoms with Gasteiger partial charge in [0.1, 0.15) is 17.9 Å². The fourth-order valence-electron chi connectivity index (χ4n) is 5.37. The molecule has 0 unspecified atom stereocenters. The Morgan fingerprint density at radius 2 is 1.65 bits per heavy atom. The monoisotopic (exact) mass is 664 g/mol. The van der Waals surface area contributed by atoms with Crippen LogP contribution in [0.5, 0.6) is 17.2 Å². The topological polar surface area (TPSA) is 132 Å². The normalized spacial score (nSPS) is 13.1. The third-order valence-corrected chi connectivity index (χ3v) is 7.95. The highest BCUT2D eigenvalue weighted by atomic mass is 16.7. The minimum atomic E-state index is -1.03. The lowest BCUT2D eigenvalue weighted by atomic mass is 9.81. The largest absolute Gasteiger partial charge is 0.496 e. The van der Waals surface area contributed by atoms with Crippen molar-refractivity contribution in [2.75, 3.05) is 27.6 Å². The van der Waals surface area contributed by atoms with Crippen LogP contribution in [-0.4, -0.2) is 68.2 Å². The highest BCUT2D eigenvalue weighted by molar-refractivity contribution is 5.98. The molecule has 0 radical (unpaired) electrons. The first-order valence-corrected chi connectivity index (χ1v) is 16.0. The van der Waals surface area contributed by atoms with Gasteiger partial charge in [0.25, 0.3) is 5.91 Å². The number of benzene rings is 2. The van der Waals surface area contributed by atoms with Crippen LogP contribution in [0.15, 0.2) is 60.8 Å². The van der Waals surface area contributed by atoms with E-state index < -0.39 is 42.4 Å². The zero-order valence-corrected chi connectivity index (χ0v) is 29.2. The fourth-order valence-corrected chi connectivity index (χ4v) is 5.37. The Balaban J connectivity index is 1.79. The zero-order chi connectivity index (χ0) is 35.3. The van der Waals surface area contributed by atoms with E-state index in [0.29, 0.717) is 19.4 Å². The Bertz CT molecular complexity index is 1510. The lowest BCUT2D eigenvalue weighted by Crippen LogP contribution is -2.47. The molecule has 11 nitrogen and oxygen atoms in total. The predicted molar refractivity (Wildman–Crippen MR) is 180 cm³/mol. The molecule has 1 amide bonds. The maximum absolute atomic E-state index is 13.4. The van der Waals surface area contributed by atoms with Crippen LogP contribution in [0.1, 0.15) is 75.1 Å². The maximum atomic E-state index is 13.4. The fraction of sp³-hybridized carbons (Fsp3) is 0.459. The molecule has 3 aromatic rings. The molecule has 48 heavy (non-hydrogen) atoms. The number of rotatable bonds is 18. The summed E-state index contributed by atoms with van der Waals surface area (Å²) in [5, 5.41) is 2.63. The van der Waals surface area contributed by atoms with Gasteiger partial charge in [0.15, 0.2) is 17.2 Å². The van der Waals surface area contributed by atoms with E-state index in [-0.39, 0.29) is 23.1 Å². The van der Waals surface area contributed by atoms with Crippen LogP contribution in [0.2, 0.25) is 0 Å². The van der Waals surface area contributed by atoms with Crippen molar-refractivity contribution in [1.29, 1.82) is 0 Å². The number of carbonyl (C=O) groups excluding carboxylic acids is 3. The van der Waals surface area contributed by atoms with Gasteiger partial charge >= 0.3 is 11.9 Å². The van der Waals surface area contributed by atoms with E-state index in [1.165, 1.54) is 38.8 Å². The summed E-state index contributed by atoms with van der Waals surface area (Å²) < 4.78 is 33.6. The number of nitrogens with one attached hydrogen (secondary N) is 1. The number of nitrogens with zero attached hydrogens (tertiary/aromatic N) is 1. The number of ether oxygens (including phenoxy) is 6. The zero-order valence-electron chi connectivity index (χ0n) is 29.2. The average Bonchev–Trinajstić information content (AvgIpc) is 3.06. The summed E-state index contributed by atoms with van der Waals surface area (Å²) in [5.74, 6) is -1.16. The molecule has 0 aliphatic rings. The molecular formula is C37H48N2O9. The minimum Gasteiger partial charge on any atom is -0.496 e. The van der Waals surface area contributed by atoms with Crippen molar-refractivity contribution in [3.63, 3.8) is 0 Å². The van der Waals surface area contributed by atoms with Crippen molar-refractivity contribution in [3.8, 4) is 17.2 Å². The second kappa shape index (κ2) is 18.1.